The molecule has 1 heterocycles. The number of hydrogen-bond acceptors (Lipinski definition) is 2. The fraction of sp³-hybridized carbons (Fsp3) is 0.294. The minimum atomic E-state index is -0.209. The lowest BCUT2D eigenvalue weighted by Gasteiger charge is -2.26. The molecule has 0 spiro atoms. The molecule has 0 bridgehead atoms. The monoisotopic (exact) mass is 267 g/mol. The van der Waals surface area contributed by atoms with Gasteiger partial charge in [0, 0.05) is 18.0 Å². The SMILES string of the molecule is CCc1cc2cccc3c2c(c1CC)C(=O)N(C)C3=O. The van der Waals surface area contributed by atoms with Crippen molar-refractivity contribution in [2.24, 2.45) is 0 Å². The first-order chi connectivity index (χ1) is 9.60. The molecule has 2 aromatic carbocycles. The van der Waals surface area contributed by atoms with Crippen LogP contribution in [0.1, 0.15) is 45.7 Å². The Kier molecular flexibility index (Phi) is 2.85. The predicted octanol–water partition coefficient (Wildman–Crippen LogP) is 3.19. The second-order valence-electron chi connectivity index (χ2n) is 5.17. The Balaban J connectivity index is 2.53. The van der Waals surface area contributed by atoms with Gasteiger partial charge in [-0.1, -0.05) is 32.0 Å². The van der Waals surface area contributed by atoms with Crippen LogP contribution in [0.15, 0.2) is 24.3 Å². The van der Waals surface area contributed by atoms with Crippen LogP contribution in [0.5, 0.6) is 0 Å². The molecular weight excluding hydrogens is 250 g/mol. The lowest BCUT2D eigenvalue weighted by Crippen LogP contribution is -2.37. The summed E-state index contributed by atoms with van der Waals surface area (Å²) in [5.41, 5.74) is 3.64. The van der Waals surface area contributed by atoms with Gasteiger partial charge in [-0.2, -0.15) is 0 Å². The van der Waals surface area contributed by atoms with Crippen molar-refractivity contribution in [3.63, 3.8) is 0 Å². The summed E-state index contributed by atoms with van der Waals surface area (Å²) in [6.45, 7) is 4.15. The maximum absolute atomic E-state index is 12.6. The summed E-state index contributed by atoms with van der Waals surface area (Å²) in [4.78, 5) is 26.1. The Morgan fingerprint density at radius 1 is 1.05 bits per heavy atom. The van der Waals surface area contributed by atoms with Crippen LogP contribution >= 0.6 is 0 Å². The van der Waals surface area contributed by atoms with Crippen LogP contribution in [0.25, 0.3) is 10.8 Å². The minimum absolute atomic E-state index is 0.175. The summed E-state index contributed by atoms with van der Waals surface area (Å²) in [5, 5.41) is 1.82. The minimum Gasteiger partial charge on any atom is -0.277 e. The fourth-order valence-corrected chi connectivity index (χ4v) is 3.13. The van der Waals surface area contributed by atoms with E-state index in [-0.39, 0.29) is 11.8 Å². The summed E-state index contributed by atoms with van der Waals surface area (Å²) in [7, 11) is 1.56. The smallest absolute Gasteiger partial charge is 0.261 e. The van der Waals surface area contributed by atoms with Crippen molar-refractivity contribution in [1.82, 2.24) is 4.90 Å². The van der Waals surface area contributed by atoms with Crippen LogP contribution in [0.4, 0.5) is 0 Å². The molecule has 2 aromatic rings. The second-order valence-corrected chi connectivity index (χ2v) is 5.17. The van der Waals surface area contributed by atoms with Gasteiger partial charge in [0.2, 0.25) is 0 Å². The zero-order valence-electron chi connectivity index (χ0n) is 12.0. The molecule has 102 valence electrons. The van der Waals surface area contributed by atoms with Crippen molar-refractivity contribution < 1.29 is 9.59 Å². The van der Waals surface area contributed by atoms with Crippen LogP contribution in [-0.4, -0.2) is 23.8 Å². The van der Waals surface area contributed by atoms with E-state index in [1.165, 1.54) is 10.5 Å². The third kappa shape index (κ3) is 1.52. The van der Waals surface area contributed by atoms with Gasteiger partial charge in [-0.3, -0.25) is 14.5 Å². The first-order valence-electron chi connectivity index (χ1n) is 7.00. The average Bonchev–Trinajstić information content (AvgIpc) is 2.48. The van der Waals surface area contributed by atoms with Gasteiger partial charge >= 0.3 is 0 Å². The summed E-state index contributed by atoms with van der Waals surface area (Å²) in [6, 6.07) is 7.79. The van der Waals surface area contributed by atoms with Gasteiger partial charge in [-0.05, 0) is 35.4 Å². The molecule has 3 rings (SSSR count). The van der Waals surface area contributed by atoms with Crippen molar-refractivity contribution in [1.29, 1.82) is 0 Å². The topological polar surface area (TPSA) is 37.4 Å². The molecule has 0 saturated heterocycles. The van der Waals surface area contributed by atoms with Crippen LogP contribution in [0.2, 0.25) is 0 Å². The van der Waals surface area contributed by atoms with Crippen LogP contribution in [-0.2, 0) is 12.8 Å². The van der Waals surface area contributed by atoms with Crippen molar-refractivity contribution in [3.8, 4) is 0 Å². The molecule has 20 heavy (non-hydrogen) atoms. The van der Waals surface area contributed by atoms with Gasteiger partial charge in [-0.25, -0.2) is 0 Å². The van der Waals surface area contributed by atoms with E-state index in [4.69, 9.17) is 0 Å². The lowest BCUT2D eigenvalue weighted by atomic mass is 9.86. The Bertz CT molecular complexity index is 746. The second kappa shape index (κ2) is 4.44. The van der Waals surface area contributed by atoms with E-state index in [1.807, 2.05) is 18.2 Å². The zero-order valence-corrected chi connectivity index (χ0v) is 12.0. The van der Waals surface area contributed by atoms with Gasteiger partial charge in [0.05, 0.1) is 5.56 Å². The van der Waals surface area contributed by atoms with E-state index < -0.39 is 0 Å². The fourth-order valence-electron chi connectivity index (χ4n) is 3.13. The molecule has 0 fully saturated rings. The van der Waals surface area contributed by atoms with Gasteiger partial charge in [0.25, 0.3) is 11.8 Å². The zero-order chi connectivity index (χ0) is 14.4. The quantitative estimate of drug-likeness (QED) is 0.784. The molecule has 3 heteroatoms. The highest BCUT2D eigenvalue weighted by molar-refractivity contribution is 6.26. The molecule has 0 unspecified atom stereocenters. The Morgan fingerprint density at radius 2 is 1.80 bits per heavy atom. The number of rotatable bonds is 2. The predicted molar refractivity (Wildman–Crippen MR) is 79.1 cm³/mol. The summed E-state index contributed by atoms with van der Waals surface area (Å²) in [6.07, 6.45) is 1.69. The highest BCUT2D eigenvalue weighted by Gasteiger charge is 2.32. The number of aryl methyl sites for hydroxylation is 1. The summed E-state index contributed by atoms with van der Waals surface area (Å²) < 4.78 is 0. The largest absolute Gasteiger partial charge is 0.277 e. The third-order valence-corrected chi connectivity index (χ3v) is 4.15. The number of benzene rings is 2. The van der Waals surface area contributed by atoms with Crippen molar-refractivity contribution >= 4 is 22.6 Å². The first kappa shape index (κ1) is 12.9. The Labute approximate surface area is 118 Å². The van der Waals surface area contributed by atoms with Gasteiger partial charge in [0.1, 0.15) is 0 Å². The van der Waals surface area contributed by atoms with E-state index in [2.05, 4.69) is 19.9 Å². The molecule has 0 saturated carbocycles. The Morgan fingerprint density at radius 3 is 2.45 bits per heavy atom. The molecule has 2 amide bonds. The number of hydrogen-bond donors (Lipinski definition) is 0. The first-order valence-corrected chi connectivity index (χ1v) is 7.00. The number of amides is 2. The van der Waals surface area contributed by atoms with Crippen LogP contribution in [0, 0.1) is 0 Å². The summed E-state index contributed by atoms with van der Waals surface area (Å²) >= 11 is 0. The number of carbonyl (C=O) groups is 2. The van der Waals surface area contributed by atoms with Crippen molar-refractivity contribution in [2.75, 3.05) is 7.05 Å². The average molecular weight is 267 g/mol. The maximum atomic E-state index is 12.6. The number of nitrogens with zero attached hydrogens (tertiary/aromatic N) is 1. The van der Waals surface area contributed by atoms with Gasteiger partial charge in [-0.15, -0.1) is 0 Å². The van der Waals surface area contributed by atoms with Gasteiger partial charge < -0.3 is 0 Å². The van der Waals surface area contributed by atoms with E-state index in [0.29, 0.717) is 5.56 Å². The molecule has 1 aliphatic rings. The highest BCUT2D eigenvalue weighted by Crippen LogP contribution is 2.34. The van der Waals surface area contributed by atoms with Gasteiger partial charge in [0.15, 0.2) is 0 Å². The summed E-state index contributed by atoms with van der Waals surface area (Å²) in [5.74, 6) is -0.384. The molecule has 0 radical (unpaired) electrons. The van der Waals surface area contributed by atoms with Crippen molar-refractivity contribution in [3.05, 3.63) is 46.5 Å². The number of carbonyl (C=O) groups excluding carboxylic acids is 2. The van der Waals surface area contributed by atoms with Crippen molar-refractivity contribution in [2.45, 2.75) is 26.7 Å². The molecule has 0 N–H and O–H groups in total. The third-order valence-electron chi connectivity index (χ3n) is 4.15. The van der Waals surface area contributed by atoms with E-state index >= 15 is 0 Å². The maximum Gasteiger partial charge on any atom is 0.261 e. The standard InChI is InChI=1S/C17H17NO2/c1-4-10-9-11-7-6-8-13-14(11)15(12(10)5-2)17(20)18(3)16(13)19/h6-9H,4-5H2,1-3H3. The molecule has 3 nitrogen and oxygen atoms in total. The Hall–Kier alpha value is -2.16. The molecule has 0 aliphatic carbocycles. The van der Waals surface area contributed by atoms with E-state index in [0.717, 1.165) is 34.7 Å². The normalized spacial score (nSPS) is 14.2. The molecule has 1 aliphatic heterocycles. The molecule has 0 atom stereocenters. The van der Waals surface area contributed by atoms with E-state index in [1.54, 1.807) is 7.05 Å². The number of imide groups is 1. The van der Waals surface area contributed by atoms with Crippen LogP contribution < -0.4 is 0 Å². The lowest BCUT2D eigenvalue weighted by molar-refractivity contribution is 0.0650. The van der Waals surface area contributed by atoms with E-state index in [9.17, 15) is 9.59 Å². The highest BCUT2D eigenvalue weighted by atomic mass is 16.2. The molecule has 0 aromatic heterocycles. The van der Waals surface area contributed by atoms with Crippen LogP contribution in [0.3, 0.4) is 0 Å². The molecular formula is C17H17NO2.